The molecular formula is C22H16ClF7N4O2. The topological polar surface area (TPSA) is 82.1 Å². The van der Waals surface area contributed by atoms with Gasteiger partial charge in [0.25, 0.3) is 0 Å². The molecule has 2 N–H and O–H groups in total. The Bertz CT molecular complexity index is 1250. The minimum atomic E-state index is -5.08. The van der Waals surface area contributed by atoms with Crippen LogP contribution in [0.25, 0.3) is 16.8 Å². The Labute approximate surface area is 204 Å². The van der Waals surface area contributed by atoms with Crippen molar-refractivity contribution in [2.75, 3.05) is 18.0 Å². The number of carbonyl (C=O) groups is 1. The number of pyridine rings is 1. The van der Waals surface area contributed by atoms with Crippen molar-refractivity contribution in [1.29, 1.82) is 0 Å². The second-order valence-corrected chi connectivity index (χ2v) is 7.73. The third kappa shape index (κ3) is 6.53. The molecule has 0 aliphatic carbocycles. The van der Waals surface area contributed by atoms with Crippen LogP contribution < -0.4 is 4.90 Å². The molecule has 0 saturated carbocycles. The van der Waals surface area contributed by atoms with Crippen molar-refractivity contribution in [3.8, 4) is 11.3 Å². The van der Waals surface area contributed by atoms with Gasteiger partial charge >= 0.3 is 18.3 Å². The van der Waals surface area contributed by atoms with Crippen molar-refractivity contribution >= 4 is 29.0 Å². The molecule has 0 spiro atoms. The maximum atomic E-state index is 13.2. The number of H-pyrrole nitrogens is 1. The number of alkyl halides is 6. The molecule has 3 heterocycles. The van der Waals surface area contributed by atoms with E-state index in [9.17, 15) is 30.7 Å². The Balaban J connectivity index is 0.000000454. The average Bonchev–Trinajstić information content (AvgIpc) is 3.20. The fourth-order valence-electron chi connectivity index (χ4n) is 3.25. The number of aromatic amines is 1. The summed E-state index contributed by atoms with van der Waals surface area (Å²) in [4.78, 5) is 21.9. The molecule has 2 aromatic heterocycles. The maximum Gasteiger partial charge on any atom is 0.490 e. The summed E-state index contributed by atoms with van der Waals surface area (Å²) in [6.07, 6.45) is -5.92. The number of carboxylic acid groups (broad SMARTS) is 1. The molecule has 0 radical (unpaired) electrons. The highest BCUT2D eigenvalue weighted by atomic mass is 35.5. The summed E-state index contributed by atoms with van der Waals surface area (Å²) in [6, 6.07) is 8.11. The quantitative estimate of drug-likeness (QED) is 0.389. The Hall–Kier alpha value is -3.61. The van der Waals surface area contributed by atoms with Crippen LogP contribution in [0.5, 0.6) is 0 Å². The predicted octanol–water partition coefficient (Wildman–Crippen LogP) is 6.21. The molecule has 4 rings (SSSR count). The van der Waals surface area contributed by atoms with Crippen LogP contribution >= 0.6 is 11.6 Å². The minimum Gasteiger partial charge on any atom is -0.475 e. The summed E-state index contributed by atoms with van der Waals surface area (Å²) in [7, 11) is 0. The van der Waals surface area contributed by atoms with Gasteiger partial charge in [0.2, 0.25) is 0 Å². The van der Waals surface area contributed by atoms with E-state index in [-0.39, 0.29) is 18.2 Å². The number of hydrogen-bond donors (Lipinski definition) is 2. The van der Waals surface area contributed by atoms with Crippen LogP contribution in [0.3, 0.4) is 0 Å². The van der Waals surface area contributed by atoms with Crippen LogP contribution in [0.2, 0.25) is 5.15 Å². The van der Waals surface area contributed by atoms with Gasteiger partial charge in [-0.05, 0) is 48.4 Å². The summed E-state index contributed by atoms with van der Waals surface area (Å²) >= 11 is 6.25. The van der Waals surface area contributed by atoms with Crippen molar-refractivity contribution in [3.63, 3.8) is 0 Å². The van der Waals surface area contributed by atoms with Crippen molar-refractivity contribution in [3.05, 3.63) is 71.0 Å². The number of halogens is 8. The normalized spacial score (nSPS) is 14.1. The highest BCUT2D eigenvalue weighted by Crippen LogP contribution is 2.37. The molecule has 0 unspecified atom stereocenters. The van der Waals surface area contributed by atoms with Crippen molar-refractivity contribution in [2.24, 2.45) is 0 Å². The highest BCUT2D eigenvalue weighted by molar-refractivity contribution is 6.32. The van der Waals surface area contributed by atoms with Gasteiger partial charge in [0.1, 0.15) is 28.3 Å². The summed E-state index contributed by atoms with van der Waals surface area (Å²) in [5, 5.41) is 7.44. The van der Waals surface area contributed by atoms with Crippen LogP contribution in [-0.4, -0.2) is 45.3 Å². The molecule has 36 heavy (non-hydrogen) atoms. The summed E-state index contributed by atoms with van der Waals surface area (Å²) < 4.78 is 84.6. The fourth-order valence-corrected chi connectivity index (χ4v) is 3.49. The Morgan fingerprint density at radius 3 is 2.25 bits per heavy atom. The first-order valence-electron chi connectivity index (χ1n) is 10.1. The van der Waals surface area contributed by atoms with Gasteiger partial charge < -0.3 is 15.0 Å². The summed E-state index contributed by atoms with van der Waals surface area (Å²) in [5.74, 6) is -2.65. The van der Waals surface area contributed by atoms with Gasteiger partial charge in [-0.25, -0.2) is 19.2 Å². The van der Waals surface area contributed by atoms with E-state index in [4.69, 9.17) is 21.5 Å². The van der Waals surface area contributed by atoms with Crippen molar-refractivity contribution in [1.82, 2.24) is 15.0 Å². The second kappa shape index (κ2) is 10.6. The molecule has 0 amide bonds. The third-order valence-electron chi connectivity index (χ3n) is 4.92. The van der Waals surface area contributed by atoms with Crippen LogP contribution in [0.4, 0.5) is 36.6 Å². The van der Waals surface area contributed by atoms with E-state index in [1.54, 1.807) is 17.0 Å². The monoisotopic (exact) mass is 536 g/mol. The first kappa shape index (κ1) is 27.0. The summed E-state index contributed by atoms with van der Waals surface area (Å²) in [5.41, 5.74) is 1.26. The van der Waals surface area contributed by atoms with E-state index in [2.05, 4.69) is 15.0 Å². The van der Waals surface area contributed by atoms with E-state index in [1.807, 2.05) is 6.08 Å². The largest absolute Gasteiger partial charge is 0.490 e. The van der Waals surface area contributed by atoms with E-state index in [0.29, 0.717) is 35.2 Å². The maximum absolute atomic E-state index is 13.2. The molecule has 14 heteroatoms. The van der Waals surface area contributed by atoms with Crippen LogP contribution in [0, 0.1) is 5.82 Å². The highest BCUT2D eigenvalue weighted by Gasteiger charge is 2.38. The number of aliphatic carboxylic acids is 1. The number of imidazole rings is 1. The number of carboxylic acids is 1. The van der Waals surface area contributed by atoms with Crippen LogP contribution in [-0.2, 0) is 11.0 Å². The first-order chi connectivity index (χ1) is 16.8. The van der Waals surface area contributed by atoms with Gasteiger partial charge in [-0.3, -0.25) is 0 Å². The fraction of sp³-hybridized carbons (Fsp3) is 0.227. The lowest BCUT2D eigenvalue weighted by atomic mass is 10.1. The lowest BCUT2D eigenvalue weighted by Gasteiger charge is -2.29. The SMILES string of the molecule is Fc1ccc(-c2nc(C3=CCN(c4ncccc4C(F)(F)F)CC3)[nH]c2Cl)cc1.O=C(O)C(F)(F)F. The minimum absolute atomic E-state index is 0.0835. The second-order valence-electron chi connectivity index (χ2n) is 7.36. The zero-order valence-electron chi connectivity index (χ0n) is 18.0. The number of nitrogens with zero attached hydrogens (tertiary/aromatic N) is 3. The third-order valence-corrected chi connectivity index (χ3v) is 5.20. The van der Waals surface area contributed by atoms with Crippen molar-refractivity contribution < 1.29 is 40.6 Å². The summed E-state index contributed by atoms with van der Waals surface area (Å²) in [6.45, 7) is 0.621. The Kier molecular flexibility index (Phi) is 7.92. The number of benzene rings is 1. The number of anilines is 1. The molecule has 1 aliphatic rings. The molecule has 0 bridgehead atoms. The Morgan fingerprint density at radius 1 is 1.08 bits per heavy atom. The predicted molar refractivity (Wildman–Crippen MR) is 117 cm³/mol. The molecule has 1 aromatic carbocycles. The van der Waals surface area contributed by atoms with Gasteiger partial charge in [0, 0.05) is 24.8 Å². The van der Waals surface area contributed by atoms with Crippen LogP contribution in [0.15, 0.2) is 48.7 Å². The number of rotatable bonds is 3. The zero-order chi connectivity index (χ0) is 26.7. The molecule has 3 aromatic rings. The van der Waals surface area contributed by atoms with E-state index >= 15 is 0 Å². The number of aromatic nitrogens is 3. The zero-order valence-corrected chi connectivity index (χ0v) is 18.7. The van der Waals surface area contributed by atoms with Crippen LogP contribution in [0.1, 0.15) is 17.8 Å². The van der Waals surface area contributed by atoms with Gasteiger partial charge in [0.15, 0.2) is 0 Å². The van der Waals surface area contributed by atoms with E-state index < -0.39 is 23.9 Å². The average molecular weight is 537 g/mol. The smallest absolute Gasteiger partial charge is 0.475 e. The van der Waals surface area contributed by atoms with Gasteiger partial charge in [0.05, 0.1) is 5.56 Å². The lowest BCUT2D eigenvalue weighted by molar-refractivity contribution is -0.192. The van der Waals surface area contributed by atoms with Crippen molar-refractivity contribution in [2.45, 2.75) is 18.8 Å². The lowest BCUT2D eigenvalue weighted by Crippen LogP contribution is -2.31. The number of hydrogen-bond acceptors (Lipinski definition) is 4. The van der Waals surface area contributed by atoms with E-state index in [1.165, 1.54) is 24.4 Å². The Morgan fingerprint density at radius 2 is 1.72 bits per heavy atom. The van der Waals surface area contributed by atoms with Gasteiger partial charge in [-0.1, -0.05) is 17.7 Å². The molecule has 0 atom stereocenters. The van der Waals surface area contributed by atoms with E-state index in [0.717, 1.165) is 11.6 Å². The standard InChI is InChI=1S/C20H15ClF4N4.C2HF3O2/c21-17-16(12-3-5-14(22)6-4-12)27-18(28-17)13-7-10-29(11-8-13)19-15(20(23,24)25)2-1-9-26-19;3-2(4,5)1(6)7/h1-7,9H,8,10-11H2,(H,27,28);(H,6,7). The molecule has 6 nitrogen and oxygen atoms in total. The molecular weight excluding hydrogens is 521 g/mol. The first-order valence-corrected chi connectivity index (χ1v) is 10.4. The van der Waals surface area contributed by atoms with Gasteiger partial charge in [-0.2, -0.15) is 26.3 Å². The molecule has 0 fully saturated rings. The van der Waals surface area contributed by atoms with Gasteiger partial charge in [-0.15, -0.1) is 0 Å². The molecule has 0 saturated heterocycles. The molecule has 1 aliphatic heterocycles. The number of nitrogens with one attached hydrogen (secondary N) is 1. The molecule has 192 valence electrons.